The highest BCUT2D eigenvalue weighted by Gasteiger charge is 2.15. The van der Waals surface area contributed by atoms with Gasteiger partial charge in [0.2, 0.25) is 0 Å². The third-order valence-corrected chi connectivity index (χ3v) is 11.0. The number of nitrogens with zero attached hydrogens (tertiary/aromatic N) is 2. The molecule has 0 aliphatic rings. The molecule has 0 spiro atoms. The number of fused-ring (bicyclic) bond motifs is 6. The first-order chi connectivity index (χ1) is 26.6. The van der Waals surface area contributed by atoms with Crippen molar-refractivity contribution in [3.63, 3.8) is 0 Å². The van der Waals surface area contributed by atoms with Crippen molar-refractivity contribution < 1.29 is 0 Å². The minimum Gasteiger partial charge on any atom is -0.309 e. The number of aromatic nitrogens is 2. The number of para-hydroxylation sites is 2. The summed E-state index contributed by atoms with van der Waals surface area (Å²) in [5.74, 6) is 0. The Balaban J connectivity index is 0.971. The fraction of sp³-hybridized carbons (Fsp3) is 0.0385. The lowest BCUT2D eigenvalue weighted by Crippen LogP contribution is -1.94. The maximum atomic E-state index is 2.40. The van der Waals surface area contributed by atoms with Crippen LogP contribution in [0.15, 0.2) is 182 Å². The van der Waals surface area contributed by atoms with Gasteiger partial charge in [-0.05, 0) is 107 Å². The lowest BCUT2D eigenvalue weighted by Gasteiger charge is -2.11. The summed E-state index contributed by atoms with van der Waals surface area (Å²) < 4.78 is 4.80. The van der Waals surface area contributed by atoms with Crippen LogP contribution in [-0.4, -0.2) is 9.13 Å². The molecule has 0 saturated heterocycles. The maximum Gasteiger partial charge on any atom is 0.0547 e. The van der Waals surface area contributed by atoms with E-state index >= 15 is 0 Å². The van der Waals surface area contributed by atoms with Crippen molar-refractivity contribution in [2.24, 2.45) is 0 Å². The van der Waals surface area contributed by atoms with E-state index in [1.165, 1.54) is 77.0 Å². The molecule has 0 aliphatic carbocycles. The van der Waals surface area contributed by atoms with Gasteiger partial charge >= 0.3 is 0 Å². The Morgan fingerprint density at radius 1 is 0.333 bits per heavy atom. The first kappa shape index (κ1) is 31.8. The summed E-state index contributed by atoms with van der Waals surface area (Å²) in [6, 6.07) is 66.3. The quantitative estimate of drug-likeness (QED) is 0.154. The van der Waals surface area contributed by atoms with Crippen molar-refractivity contribution in [3.8, 4) is 33.6 Å². The molecule has 0 atom stereocenters. The molecule has 256 valence electrons. The smallest absolute Gasteiger partial charge is 0.0547 e. The Morgan fingerprint density at radius 2 is 0.704 bits per heavy atom. The summed E-state index contributed by atoms with van der Waals surface area (Å²) in [4.78, 5) is 0. The van der Waals surface area contributed by atoms with Gasteiger partial charge < -0.3 is 9.13 Å². The molecule has 2 aromatic heterocycles. The minimum atomic E-state index is 1.15. The van der Waals surface area contributed by atoms with Crippen molar-refractivity contribution >= 4 is 55.8 Å². The predicted molar refractivity (Wildman–Crippen MR) is 231 cm³/mol. The summed E-state index contributed by atoms with van der Waals surface area (Å²) in [5.41, 5.74) is 17.1. The second-order valence-electron chi connectivity index (χ2n) is 14.3. The Morgan fingerprint density at radius 3 is 1.13 bits per heavy atom. The normalized spacial score (nSPS) is 11.8. The van der Waals surface area contributed by atoms with Gasteiger partial charge in [0, 0.05) is 32.9 Å². The largest absolute Gasteiger partial charge is 0.309 e. The van der Waals surface area contributed by atoms with Crippen LogP contribution in [0, 0.1) is 13.8 Å². The molecule has 8 aromatic carbocycles. The molecular weight excluding hydrogens is 653 g/mol. The monoisotopic (exact) mass is 690 g/mol. The van der Waals surface area contributed by atoms with Crippen molar-refractivity contribution in [1.29, 1.82) is 0 Å². The molecular formula is C52H38N2. The zero-order valence-corrected chi connectivity index (χ0v) is 30.4. The first-order valence-corrected chi connectivity index (χ1v) is 18.7. The van der Waals surface area contributed by atoms with E-state index in [1.54, 1.807) is 0 Å². The lowest BCUT2D eigenvalue weighted by molar-refractivity contribution is 1.18. The molecule has 0 N–H and O–H groups in total. The summed E-state index contributed by atoms with van der Waals surface area (Å²) in [5, 5.41) is 5.07. The van der Waals surface area contributed by atoms with Gasteiger partial charge in [-0.1, -0.05) is 146 Å². The van der Waals surface area contributed by atoms with E-state index in [2.05, 4.69) is 217 Å². The molecule has 2 heteroatoms. The van der Waals surface area contributed by atoms with Crippen LogP contribution in [0.1, 0.15) is 22.3 Å². The van der Waals surface area contributed by atoms with Gasteiger partial charge in [0.15, 0.2) is 0 Å². The van der Waals surface area contributed by atoms with E-state index in [0.717, 1.165) is 22.5 Å². The van der Waals surface area contributed by atoms with E-state index in [1.807, 2.05) is 0 Å². The molecule has 54 heavy (non-hydrogen) atoms. The van der Waals surface area contributed by atoms with Crippen molar-refractivity contribution in [2.75, 3.05) is 0 Å². The molecule has 0 bridgehead atoms. The summed E-state index contributed by atoms with van der Waals surface area (Å²) in [6.07, 6.45) is 4.41. The highest BCUT2D eigenvalue weighted by Crippen LogP contribution is 2.37. The fourth-order valence-corrected chi connectivity index (χ4v) is 8.29. The second kappa shape index (κ2) is 12.9. The van der Waals surface area contributed by atoms with Crippen LogP contribution in [0.4, 0.5) is 0 Å². The Labute approximate surface area is 315 Å². The van der Waals surface area contributed by atoms with Crippen molar-refractivity contribution in [1.82, 2.24) is 9.13 Å². The first-order valence-electron chi connectivity index (χ1n) is 18.7. The predicted octanol–water partition coefficient (Wildman–Crippen LogP) is 14.0. The Kier molecular flexibility index (Phi) is 7.63. The van der Waals surface area contributed by atoms with Crippen LogP contribution in [0.2, 0.25) is 0 Å². The number of hydrogen-bond acceptors (Lipinski definition) is 0. The Hall–Kier alpha value is -6.90. The van der Waals surface area contributed by atoms with Crippen LogP contribution in [-0.2, 0) is 0 Å². The maximum absolute atomic E-state index is 2.40. The number of benzene rings is 8. The summed E-state index contributed by atoms with van der Waals surface area (Å²) in [7, 11) is 0. The van der Waals surface area contributed by atoms with Crippen LogP contribution >= 0.6 is 0 Å². The zero-order valence-electron chi connectivity index (χ0n) is 30.4. The molecule has 0 aliphatic heterocycles. The van der Waals surface area contributed by atoms with Crippen molar-refractivity contribution in [3.05, 3.63) is 204 Å². The van der Waals surface area contributed by atoms with Gasteiger partial charge in [0.25, 0.3) is 0 Å². The molecule has 10 aromatic rings. The van der Waals surface area contributed by atoms with Gasteiger partial charge in [0.05, 0.1) is 22.1 Å². The molecule has 0 unspecified atom stereocenters. The van der Waals surface area contributed by atoms with Gasteiger partial charge in [0.1, 0.15) is 0 Å². The standard InChI is InChI=1S/C52H38N2/c1-35-11-3-5-13-43(35)39-25-31-47-45-15-7-9-17-49(45)53(51(47)33-39)41-27-21-37(22-28-41)19-20-38-23-29-42(30-24-38)54-50-18-10-8-16-46(50)48-32-26-40(34-52(48)54)44-14-6-4-12-36(44)2/h3-34H,1-2H3/b20-19+. The van der Waals surface area contributed by atoms with E-state index in [0.29, 0.717) is 0 Å². The fourth-order valence-electron chi connectivity index (χ4n) is 8.29. The molecule has 2 heterocycles. The lowest BCUT2D eigenvalue weighted by atomic mass is 9.99. The van der Waals surface area contributed by atoms with E-state index in [9.17, 15) is 0 Å². The number of aryl methyl sites for hydroxylation is 2. The van der Waals surface area contributed by atoms with Crippen LogP contribution in [0.3, 0.4) is 0 Å². The summed E-state index contributed by atoms with van der Waals surface area (Å²) in [6.45, 7) is 4.37. The molecule has 10 rings (SSSR count). The minimum absolute atomic E-state index is 1.15. The average Bonchev–Trinajstić information content (AvgIpc) is 3.73. The third kappa shape index (κ3) is 5.35. The highest BCUT2D eigenvalue weighted by molar-refractivity contribution is 6.11. The van der Waals surface area contributed by atoms with Crippen molar-refractivity contribution in [2.45, 2.75) is 13.8 Å². The molecule has 0 amide bonds. The Bertz CT molecular complexity index is 2830. The third-order valence-electron chi connectivity index (χ3n) is 11.0. The molecule has 0 fully saturated rings. The van der Waals surface area contributed by atoms with Gasteiger partial charge in [-0.15, -0.1) is 0 Å². The number of rotatable bonds is 6. The van der Waals surface area contributed by atoms with Gasteiger partial charge in [-0.2, -0.15) is 0 Å². The van der Waals surface area contributed by atoms with Gasteiger partial charge in [-0.3, -0.25) is 0 Å². The van der Waals surface area contributed by atoms with Crippen LogP contribution in [0.5, 0.6) is 0 Å². The molecule has 0 radical (unpaired) electrons. The van der Waals surface area contributed by atoms with E-state index in [4.69, 9.17) is 0 Å². The SMILES string of the molecule is Cc1ccccc1-c1ccc2c3ccccc3n(-c3ccc(/C=C/c4ccc(-n5c6ccccc6c6ccc(-c7ccccc7C)cc65)cc4)cc3)c2c1. The van der Waals surface area contributed by atoms with E-state index < -0.39 is 0 Å². The average molecular weight is 691 g/mol. The number of hydrogen-bond donors (Lipinski definition) is 0. The zero-order chi connectivity index (χ0) is 36.2. The second-order valence-corrected chi connectivity index (χ2v) is 14.3. The molecule has 2 nitrogen and oxygen atoms in total. The topological polar surface area (TPSA) is 9.86 Å². The van der Waals surface area contributed by atoms with Crippen LogP contribution < -0.4 is 0 Å². The van der Waals surface area contributed by atoms with Gasteiger partial charge in [-0.25, -0.2) is 0 Å². The summed E-state index contributed by atoms with van der Waals surface area (Å²) >= 11 is 0. The van der Waals surface area contributed by atoms with E-state index in [-0.39, 0.29) is 0 Å². The molecule has 0 saturated carbocycles. The highest BCUT2D eigenvalue weighted by atomic mass is 15.0. The van der Waals surface area contributed by atoms with Crippen LogP contribution in [0.25, 0.3) is 89.4 Å².